The Morgan fingerprint density at radius 1 is 1.21 bits per heavy atom. The van der Waals surface area contributed by atoms with Crippen LogP contribution in [0.15, 0.2) is 42.6 Å². The molecule has 0 aliphatic heterocycles. The first kappa shape index (κ1) is 11.4. The molecule has 1 amide bonds. The van der Waals surface area contributed by atoms with Crippen LogP contribution in [0.25, 0.3) is 10.9 Å². The minimum absolute atomic E-state index is 0.231. The van der Waals surface area contributed by atoms with Crippen LogP contribution in [0.5, 0.6) is 0 Å². The highest BCUT2D eigenvalue weighted by Gasteiger charge is 2.10. The molecule has 0 saturated heterocycles. The van der Waals surface area contributed by atoms with Crippen molar-refractivity contribution in [2.45, 2.75) is 6.92 Å². The van der Waals surface area contributed by atoms with Gasteiger partial charge in [-0.1, -0.05) is 18.2 Å². The van der Waals surface area contributed by atoms with Gasteiger partial charge in [0, 0.05) is 11.1 Å². The van der Waals surface area contributed by atoms with Gasteiger partial charge >= 0.3 is 0 Å². The summed E-state index contributed by atoms with van der Waals surface area (Å²) in [6.45, 7) is 1.85. The van der Waals surface area contributed by atoms with Gasteiger partial charge in [-0.25, -0.2) is 4.98 Å². The number of nitrogens with zero attached hydrogens (tertiary/aromatic N) is 2. The van der Waals surface area contributed by atoms with Gasteiger partial charge in [-0.3, -0.25) is 9.89 Å². The van der Waals surface area contributed by atoms with Crippen molar-refractivity contribution in [2.24, 2.45) is 0 Å². The summed E-state index contributed by atoms with van der Waals surface area (Å²) in [4.78, 5) is 16.3. The number of para-hydroxylation sites is 1. The molecular weight excluding hydrogens is 240 g/mol. The molecule has 0 saturated carbocycles. The van der Waals surface area contributed by atoms with Crippen molar-refractivity contribution in [3.05, 3.63) is 54.0 Å². The van der Waals surface area contributed by atoms with Crippen molar-refractivity contribution in [1.29, 1.82) is 0 Å². The van der Waals surface area contributed by atoms with Gasteiger partial charge in [-0.05, 0) is 25.1 Å². The Hall–Kier alpha value is -2.69. The average Bonchev–Trinajstić information content (AvgIpc) is 2.88. The summed E-state index contributed by atoms with van der Waals surface area (Å²) >= 11 is 0. The number of anilines is 1. The zero-order chi connectivity index (χ0) is 13.2. The standard InChI is InChI=1S/C14H12N4O/c1-9-4-2-7-12(16-9)14(19)17-11-6-3-5-10-8-15-18-13(10)11/h2-8H,1H3,(H,15,18)(H,17,19). The van der Waals surface area contributed by atoms with E-state index < -0.39 is 0 Å². The number of fused-ring (bicyclic) bond motifs is 1. The molecular formula is C14H12N4O. The van der Waals surface area contributed by atoms with E-state index in [0.717, 1.165) is 16.6 Å². The smallest absolute Gasteiger partial charge is 0.274 e. The summed E-state index contributed by atoms with van der Waals surface area (Å²) < 4.78 is 0. The van der Waals surface area contributed by atoms with E-state index >= 15 is 0 Å². The van der Waals surface area contributed by atoms with Crippen LogP contribution in [0.4, 0.5) is 5.69 Å². The van der Waals surface area contributed by atoms with Crippen LogP contribution < -0.4 is 5.32 Å². The second kappa shape index (κ2) is 4.53. The van der Waals surface area contributed by atoms with E-state index in [2.05, 4.69) is 20.5 Å². The van der Waals surface area contributed by atoms with E-state index in [0.29, 0.717) is 11.4 Å². The zero-order valence-corrected chi connectivity index (χ0v) is 10.3. The number of H-pyrrole nitrogens is 1. The van der Waals surface area contributed by atoms with E-state index in [1.807, 2.05) is 37.3 Å². The number of aromatic nitrogens is 3. The molecule has 2 N–H and O–H groups in total. The summed E-state index contributed by atoms with van der Waals surface area (Å²) in [5.74, 6) is -0.231. The number of aryl methyl sites for hydroxylation is 1. The Morgan fingerprint density at radius 2 is 2.05 bits per heavy atom. The lowest BCUT2D eigenvalue weighted by molar-refractivity contribution is 0.102. The molecule has 3 aromatic rings. The summed E-state index contributed by atoms with van der Waals surface area (Å²) in [6, 6.07) is 11.0. The summed E-state index contributed by atoms with van der Waals surface area (Å²) in [7, 11) is 0. The van der Waals surface area contributed by atoms with Crippen LogP contribution in [0.1, 0.15) is 16.2 Å². The third-order valence-electron chi connectivity index (χ3n) is 2.85. The minimum Gasteiger partial charge on any atom is -0.319 e. The maximum atomic E-state index is 12.1. The molecule has 0 bridgehead atoms. The predicted molar refractivity (Wildman–Crippen MR) is 73.0 cm³/mol. The van der Waals surface area contributed by atoms with Gasteiger partial charge in [0.15, 0.2) is 0 Å². The van der Waals surface area contributed by atoms with Crippen molar-refractivity contribution < 1.29 is 4.79 Å². The van der Waals surface area contributed by atoms with Gasteiger partial charge in [0.2, 0.25) is 0 Å². The van der Waals surface area contributed by atoms with E-state index in [1.165, 1.54) is 0 Å². The van der Waals surface area contributed by atoms with Gasteiger partial charge in [-0.15, -0.1) is 0 Å². The van der Waals surface area contributed by atoms with Crippen LogP contribution >= 0.6 is 0 Å². The van der Waals surface area contributed by atoms with Gasteiger partial charge < -0.3 is 5.32 Å². The van der Waals surface area contributed by atoms with Crippen molar-refractivity contribution in [3.8, 4) is 0 Å². The Labute approximate surface area is 109 Å². The quantitative estimate of drug-likeness (QED) is 0.736. The number of nitrogens with one attached hydrogen (secondary N) is 2. The van der Waals surface area contributed by atoms with Crippen molar-refractivity contribution >= 4 is 22.5 Å². The molecule has 0 fully saturated rings. The minimum atomic E-state index is -0.231. The number of pyridine rings is 1. The molecule has 5 heteroatoms. The van der Waals surface area contributed by atoms with Crippen LogP contribution in [0, 0.1) is 6.92 Å². The Balaban J connectivity index is 1.93. The molecule has 0 atom stereocenters. The number of benzene rings is 1. The highest BCUT2D eigenvalue weighted by Crippen LogP contribution is 2.20. The van der Waals surface area contributed by atoms with Crippen LogP contribution in [0.3, 0.4) is 0 Å². The van der Waals surface area contributed by atoms with Crippen LogP contribution in [-0.2, 0) is 0 Å². The Kier molecular flexibility index (Phi) is 2.72. The first-order valence-corrected chi connectivity index (χ1v) is 5.91. The predicted octanol–water partition coefficient (Wildman–Crippen LogP) is 2.52. The zero-order valence-electron chi connectivity index (χ0n) is 10.3. The maximum Gasteiger partial charge on any atom is 0.274 e. The fourth-order valence-electron chi connectivity index (χ4n) is 1.93. The molecule has 0 unspecified atom stereocenters. The fraction of sp³-hybridized carbons (Fsp3) is 0.0714. The third-order valence-corrected chi connectivity index (χ3v) is 2.85. The molecule has 94 valence electrons. The number of aromatic amines is 1. The monoisotopic (exact) mass is 252 g/mol. The first-order chi connectivity index (χ1) is 9.24. The van der Waals surface area contributed by atoms with E-state index in [4.69, 9.17) is 0 Å². The maximum absolute atomic E-state index is 12.1. The molecule has 0 radical (unpaired) electrons. The van der Waals surface area contributed by atoms with E-state index in [9.17, 15) is 4.79 Å². The average molecular weight is 252 g/mol. The van der Waals surface area contributed by atoms with Gasteiger partial charge in [0.05, 0.1) is 17.4 Å². The summed E-state index contributed by atoms with van der Waals surface area (Å²) in [5.41, 5.74) is 2.72. The second-order valence-corrected chi connectivity index (χ2v) is 4.26. The number of carbonyl (C=O) groups is 1. The lowest BCUT2D eigenvalue weighted by Crippen LogP contribution is -2.14. The van der Waals surface area contributed by atoms with Crippen molar-refractivity contribution in [2.75, 3.05) is 5.32 Å². The van der Waals surface area contributed by atoms with Crippen molar-refractivity contribution in [1.82, 2.24) is 15.2 Å². The molecule has 19 heavy (non-hydrogen) atoms. The molecule has 0 aliphatic carbocycles. The number of carbonyl (C=O) groups excluding carboxylic acids is 1. The second-order valence-electron chi connectivity index (χ2n) is 4.26. The van der Waals surface area contributed by atoms with Crippen molar-refractivity contribution in [3.63, 3.8) is 0 Å². The SMILES string of the molecule is Cc1cccc(C(=O)Nc2cccc3cn[nH]c23)n1. The lowest BCUT2D eigenvalue weighted by atomic mass is 10.2. The Morgan fingerprint density at radius 3 is 2.89 bits per heavy atom. The third kappa shape index (κ3) is 2.18. The number of rotatable bonds is 2. The molecule has 2 heterocycles. The van der Waals surface area contributed by atoms with E-state index in [-0.39, 0.29) is 5.91 Å². The normalized spacial score (nSPS) is 10.6. The lowest BCUT2D eigenvalue weighted by Gasteiger charge is -2.06. The molecule has 3 rings (SSSR count). The number of amides is 1. The van der Waals surface area contributed by atoms with Gasteiger partial charge in [0.1, 0.15) is 5.69 Å². The molecule has 5 nitrogen and oxygen atoms in total. The Bertz CT molecular complexity index is 748. The molecule has 2 aromatic heterocycles. The summed E-state index contributed by atoms with van der Waals surface area (Å²) in [5, 5.41) is 10.6. The van der Waals surface area contributed by atoms with Gasteiger partial charge in [-0.2, -0.15) is 5.10 Å². The fourth-order valence-corrected chi connectivity index (χ4v) is 1.93. The highest BCUT2D eigenvalue weighted by molar-refractivity contribution is 6.07. The molecule has 0 spiro atoms. The van der Waals surface area contributed by atoms with Crippen LogP contribution in [-0.4, -0.2) is 21.1 Å². The van der Waals surface area contributed by atoms with Gasteiger partial charge in [0.25, 0.3) is 5.91 Å². The molecule has 1 aromatic carbocycles. The molecule has 0 aliphatic rings. The topological polar surface area (TPSA) is 70.7 Å². The largest absolute Gasteiger partial charge is 0.319 e. The highest BCUT2D eigenvalue weighted by atomic mass is 16.1. The van der Waals surface area contributed by atoms with Crippen LogP contribution in [0.2, 0.25) is 0 Å². The number of hydrogen-bond donors (Lipinski definition) is 2. The number of hydrogen-bond acceptors (Lipinski definition) is 3. The van der Waals surface area contributed by atoms with E-state index in [1.54, 1.807) is 12.3 Å². The first-order valence-electron chi connectivity index (χ1n) is 5.91. The summed E-state index contributed by atoms with van der Waals surface area (Å²) in [6.07, 6.45) is 1.72.